The van der Waals surface area contributed by atoms with E-state index in [4.69, 9.17) is 17.3 Å². The van der Waals surface area contributed by atoms with Crippen LogP contribution in [0.25, 0.3) is 0 Å². The molecule has 0 amide bonds. The average Bonchev–Trinajstić information content (AvgIpc) is 2.42. The summed E-state index contributed by atoms with van der Waals surface area (Å²) in [6, 6.07) is 12.0. The van der Waals surface area contributed by atoms with Crippen LogP contribution in [0.15, 0.2) is 48.8 Å². The second-order valence-electron chi connectivity index (χ2n) is 4.35. The molecular weight excluding hydrogens is 244 g/mol. The van der Waals surface area contributed by atoms with Crippen LogP contribution < -0.4 is 5.73 Å². The van der Waals surface area contributed by atoms with E-state index in [1.165, 1.54) is 5.56 Å². The van der Waals surface area contributed by atoms with Crippen LogP contribution in [0.5, 0.6) is 0 Å². The lowest BCUT2D eigenvalue weighted by Gasteiger charge is -2.16. The molecule has 2 aromatic rings. The highest BCUT2D eigenvalue weighted by Crippen LogP contribution is 2.27. The Morgan fingerprint density at radius 3 is 2.50 bits per heavy atom. The maximum Gasteiger partial charge on any atom is 0.0441 e. The minimum absolute atomic E-state index is 0.312. The Hall–Kier alpha value is -1.38. The maximum absolute atomic E-state index is 6.21. The number of hydrogen-bond donors (Lipinski definition) is 1. The molecule has 2 nitrogen and oxygen atoms in total. The fourth-order valence-electron chi connectivity index (χ4n) is 2.10. The van der Waals surface area contributed by atoms with Gasteiger partial charge in [0, 0.05) is 17.4 Å². The van der Waals surface area contributed by atoms with Crippen LogP contribution in [0.2, 0.25) is 5.02 Å². The molecule has 0 aliphatic rings. The van der Waals surface area contributed by atoms with Gasteiger partial charge in [0.2, 0.25) is 0 Å². The molecule has 0 saturated carbocycles. The first kappa shape index (κ1) is 13.1. The van der Waals surface area contributed by atoms with Gasteiger partial charge in [-0.15, -0.1) is 0 Å². The monoisotopic (exact) mass is 260 g/mol. The van der Waals surface area contributed by atoms with Gasteiger partial charge in [-0.05, 0) is 54.6 Å². The Kier molecular flexibility index (Phi) is 4.73. The number of rotatable bonds is 5. The van der Waals surface area contributed by atoms with Crippen LogP contribution in [0.3, 0.4) is 0 Å². The Morgan fingerprint density at radius 1 is 1.11 bits per heavy atom. The van der Waals surface area contributed by atoms with Crippen LogP contribution in [0, 0.1) is 0 Å². The number of aryl methyl sites for hydroxylation is 1. The SMILES string of the molecule is NCC(CCc1ccncc1)c1ccccc1Cl. The minimum atomic E-state index is 0.312. The van der Waals surface area contributed by atoms with Crippen LogP contribution >= 0.6 is 11.6 Å². The Bertz CT molecular complexity index is 485. The number of hydrogen-bond acceptors (Lipinski definition) is 2. The molecule has 0 aliphatic heterocycles. The molecule has 1 aromatic carbocycles. The van der Waals surface area contributed by atoms with Gasteiger partial charge in [0.25, 0.3) is 0 Å². The summed E-state index contributed by atoms with van der Waals surface area (Å²) in [5, 5.41) is 0.808. The molecule has 18 heavy (non-hydrogen) atoms. The molecule has 1 atom stereocenters. The van der Waals surface area contributed by atoms with Crippen molar-refractivity contribution < 1.29 is 0 Å². The number of nitrogens with two attached hydrogens (primary N) is 1. The van der Waals surface area contributed by atoms with Crippen LogP contribution in [0.4, 0.5) is 0 Å². The summed E-state index contributed by atoms with van der Waals surface area (Å²) in [5.41, 5.74) is 8.30. The van der Waals surface area contributed by atoms with Crippen molar-refractivity contribution in [1.29, 1.82) is 0 Å². The molecular formula is C15H17ClN2. The highest BCUT2D eigenvalue weighted by Gasteiger charge is 2.12. The summed E-state index contributed by atoms with van der Waals surface area (Å²) < 4.78 is 0. The van der Waals surface area contributed by atoms with Gasteiger partial charge < -0.3 is 5.73 Å². The molecule has 0 spiro atoms. The minimum Gasteiger partial charge on any atom is -0.330 e. The van der Waals surface area contributed by atoms with Crippen molar-refractivity contribution in [2.45, 2.75) is 18.8 Å². The summed E-state index contributed by atoms with van der Waals surface area (Å²) in [7, 11) is 0. The van der Waals surface area contributed by atoms with Crippen molar-refractivity contribution in [1.82, 2.24) is 4.98 Å². The van der Waals surface area contributed by atoms with E-state index in [9.17, 15) is 0 Å². The Balaban J connectivity index is 2.04. The molecule has 0 saturated heterocycles. The van der Waals surface area contributed by atoms with Crippen molar-refractivity contribution in [2.24, 2.45) is 5.73 Å². The van der Waals surface area contributed by atoms with Crippen LogP contribution in [0.1, 0.15) is 23.5 Å². The second kappa shape index (κ2) is 6.53. The van der Waals surface area contributed by atoms with Crippen molar-refractivity contribution in [3.8, 4) is 0 Å². The smallest absolute Gasteiger partial charge is 0.0441 e. The summed E-state index contributed by atoms with van der Waals surface area (Å²) >= 11 is 6.21. The van der Waals surface area contributed by atoms with Gasteiger partial charge in [-0.2, -0.15) is 0 Å². The normalized spacial score (nSPS) is 12.3. The van der Waals surface area contributed by atoms with Crippen LogP contribution in [-0.2, 0) is 6.42 Å². The van der Waals surface area contributed by atoms with Crippen molar-refractivity contribution >= 4 is 11.6 Å². The number of nitrogens with zero attached hydrogens (tertiary/aromatic N) is 1. The highest BCUT2D eigenvalue weighted by atomic mass is 35.5. The first-order valence-corrected chi connectivity index (χ1v) is 6.52. The largest absolute Gasteiger partial charge is 0.330 e. The van der Waals surface area contributed by atoms with E-state index >= 15 is 0 Å². The Morgan fingerprint density at radius 2 is 1.83 bits per heavy atom. The number of aromatic nitrogens is 1. The number of halogens is 1. The topological polar surface area (TPSA) is 38.9 Å². The van der Waals surface area contributed by atoms with E-state index in [0.717, 1.165) is 23.4 Å². The molecule has 94 valence electrons. The van der Waals surface area contributed by atoms with E-state index in [2.05, 4.69) is 11.1 Å². The van der Waals surface area contributed by atoms with Gasteiger partial charge in [0.05, 0.1) is 0 Å². The van der Waals surface area contributed by atoms with Gasteiger partial charge in [0.1, 0.15) is 0 Å². The van der Waals surface area contributed by atoms with Crippen molar-refractivity contribution in [3.63, 3.8) is 0 Å². The first-order valence-electron chi connectivity index (χ1n) is 6.14. The van der Waals surface area contributed by atoms with Gasteiger partial charge in [0.15, 0.2) is 0 Å². The zero-order chi connectivity index (χ0) is 12.8. The third-order valence-electron chi connectivity index (χ3n) is 3.16. The second-order valence-corrected chi connectivity index (χ2v) is 4.76. The molecule has 1 aromatic heterocycles. The molecule has 0 bridgehead atoms. The quantitative estimate of drug-likeness (QED) is 0.895. The van der Waals surface area contributed by atoms with Crippen molar-refractivity contribution in [3.05, 3.63) is 64.9 Å². The molecule has 1 unspecified atom stereocenters. The van der Waals surface area contributed by atoms with Gasteiger partial charge in [-0.1, -0.05) is 29.8 Å². The van der Waals surface area contributed by atoms with Gasteiger partial charge >= 0.3 is 0 Å². The van der Waals surface area contributed by atoms with Gasteiger partial charge in [-0.3, -0.25) is 4.98 Å². The van der Waals surface area contributed by atoms with Crippen molar-refractivity contribution in [2.75, 3.05) is 6.54 Å². The average molecular weight is 261 g/mol. The lowest BCUT2D eigenvalue weighted by Crippen LogP contribution is -2.13. The summed E-state index contributed by atoms with van der Waals surface area (Å²) in [4.78, 5) is 4.02. The molecule has 2 N–H and O–H groups in total. The van der Waals surface area contributed by atoms with Crippen LogP contribution in [-0.4, -0.2) is 11.5 Å². The predicted molar refractivity (Wildman–Crippen MR) is 75.8 cm³/mol. The predicted octanol–water partition coefficient (Wildman–Crippen LogP) is 3.41. The fourth-order valence-corrected chi connectivity index (χ4v) is 2.39. The standard InChI is InChI=1S/C15H17ClN2/c16-15-4-2-1-3-14(15)13(11-17)6-5-12-7-9-18-10-8-12/h1-4,7-10,13H,5-6,11,17H2. The van der Waals surface area contributed by atoms with E-state index in [1.54, 1.807) is 0 Å². The molecule has 2 rings (SSSR count). The third-order valence-corrected chi connectivity index (χ3v) is 3.50. The van der Waals surface area contributed by atoms with Gasteiger partial charge in [-0.25, -0.2) is 0 Å². The van der Waals surface area contributed by atoms with E-state index in [0.29, 0.717) is 12.5 Å². The zero-order valence-corrected chi connectivity index (χ0v) is 11.0. The summed E-state index contributed by atoms with van der Waals surface area (Å²) in [6.07, 6.45) is 5.64. The Labute approximate surface area is 113 Å². The third kappa shape index (κ3) is 3.31. The molecule has 0 aliphatic carbocycles. The van der Waals surface area contributed by atoms with E-state index in [1.807, 2.05) is 42.7 Å². The molecule has 3 heteroatoms. The first-order chi connectivity index (χ1) is 8.81. The molecule has 0 radical (unpaired) electrons. The zero-order valence-electron chi connectivity index (χ0n) is 10.2. The summed E-state index contributed by atoms with van der Waals surface area (Å²) in [5.74, 6) is 0.312. The molecule has 0 fully saturated rings. The fraction of sp³-hybridized carbons (Fsp3) is 0.267. The van der Waals surface area contributed by atoms with E-state index < -0.39 is 0 Å². The lowest BCUT2D eigenvalue weighted by molar-refractivity contribution is 0.634. The number of benzene rings is 1. The highest BCUT2D eigenvalue weighted by molar-refractivity contribution is 6.31. The van der Waals surface area contributed by atoms with E-state index in [-0.39, 0.29) is 0 Å². The lowest BCUT2D eigenvalue weighted by atomic mass is 9.92. The molecule has 1 heterocycles. The number of pyridine rings is 1. The summed E-state index contributed by atoms with van der Waals surface area (Å²) in [6.45, 7) is 0.620. The maximum atomic E-state index is 6.21.